The minimum Gasteiger partial charge on any atom is -0.507 e. The quantitative estimate of drug-likeness (QED) is 0.102. The Labute approximate surface area is 329 Å². The van der Waals surface area contributed by atoms with Gasteiger partial charge in [-0.1, -0.05) is 6.07 Å². The van der Waals surface area contributed by atoms with E-state index in [-0.39, 0.29) is 51.2 Å². The Hall–Kier alpha value is -4.77. The maximum Gasteiger partial charge on any atom is 0.320 e. The molecule has 2 heterocycles. The zero-order chi connectivity index (χ0) is 42.2. The third-order valence-corrected chi connectivity index (χ3v) is 11.2. The molecule has 2 saturated heterocycles. The molecule has 3 aromatic rings. The van der Waals surface area contributed by atoms with Gasteiger partial charge in [0.05, 0.1) is 30.9 Å². The van der Waals surface area contributed by atoms with Crippen molar-refractivity contribution < 1.29 is 89.1 Å². The molecule has 11 N–H and O–H groups in total. The lowest BCUT2D eigenvalue weighted by Crippen LogP contribution is -2.62. The van der Waals surface area contributed by atoms with Crippen LogP contribution in [0.1, 0.15) is 80.2 Å². The topological polar surface area (TPSA) is 312 Å². The van der Waals surface area contributed by atoms with E-state index < -0.39 is 126 Å². The second-order valence-electron chi connectivity index (χ2n) is 14.8. The predicted octanol–water partition coefficient (Wildman–Crippen LogP) is -0.479. The van der Waals surface area contributed by atoms with Crippen molar-refractivity contribution in [3.05, 3.63) is 68.8 Å². The van der Waals surface area contributed by atoms with Gasteiger partial charge in [0.2, 0.25) is 0 Å². The molecule has 0 bridgehead atoms. The number of carbonyl (C=O) groups excluding carboxylic acids is 2. The summed E-state index contributed by atoms with van der Waals surface area (Å²) in [5, 5.41) is 112. The SMILES string of the molecule is COc1cc(O)c2c(c1)C(=O)c1c(cc3c(c1O)-c1c(cc(C)c(CN[C@H](C)C(=O)O)c1O)[C@H](O[C@@H]1O[C@H](C)[C@H](O)[C@H](O[C@@H]4OC[C@@H](O)[C@H](O)[C@H]4O)[C@H]1O)[C@H]3O)C2=O. The summed E-state index contributed by atoms with van der Waals surface area (Å²) in [4.78, 5) is 39.6. The van der Waals surface area contributed by atoms with Crippen LogP contribution in [0.15, 0.2) is 24.3 Å². The number of rotatable bonds is 9. The number of benzene rings is 3. The van der Waals surface area contributed by atoms with Crippen LogP contribution in [0, 0.1) is 6.92 Å². The standard InChI is InChI=1S/C39H43NO18/c1-11-5-18-24(29(46)19(11)9-40-12(2)37(52)53)23-16(8-17-25(32(23)49)28(45)15-6-14(54-4)7-20(41)22(15)27(17)44)30(47)35(18)57-39-34(51)36(26(43)13(3)56-39)58-38-33(50)31(48)21(42)10-55-38/h5-8,12-13,21,26,30-31,33-36,38-43,46-51H,9-10H2,1-4H3,(H,52,53)/t12-,13-,21-,26+,30+,31+,33-,34-,35+,36+,38+,39+/m1/s1. The molecule has 0 saturated carbocycles. The van der Waals surface area contributed by atoms with E-state index >= 15 is 0 Å². The van der Waals surface area contributed by atoms with Crippen LogP contribution in [0.2, 0.25) is 0 Å². The van der Waals surface area contributed by atoms with E-state index in [4.69, 9.17) is 23.7 Å². The number of phenolic OH excluding ortho intramolecular Hbond substituents is 3. The summed E-state index contributed by atoms with van der Waals surface area (Å²) in [6, 6.07) is 3.86. The fraction of sp³-hybridized carbons (Fsp3) is 0.462. The zero-order valence-corrected chi connectivity index (χ0v) is 31.4. The molecule has 0 radical (unpaired) electrons. The van der Waals surface area contributed by atoms with Gasteiger partial charge in [-0.2, -0.15) is 0 Å². The van der Waals surface area contributed by atoms with E-state index in [1.54, 1.807) is 6.92 Å². The highest BCUT2D eigenvalue weighted by molar-refractivity contribution is 6.31. The van der Waals surface area contributed by atoms with Crippen LogP contribution in [0.25, 0.3) is 11.1 Å². The Morgan fingerprint density at radius 3 is 2.16 bits per heavy atom. The molecular formula is C39H43NO18. The molecule has 19 nitrogen and oxygen atoms in total. The Morgan fingerprint density at radius 2 is 1.48 bits per heavy atom. The summed E-state index contributed by atoms with van der Waals surface area (Å²) >= 11 is 0. The average molecular weight is 814 g/mol. The summed E-state index contributed by atoms with van der Waals surface area (Å²) in [6.45, 7) is 3.70. The van der Waals surface area contributed by atoms with Gasteiger partial charge in [-0.3, -0.25) is 14.4 Å². The van der Waals surface area contributed by atoms with Crippen LogP contribution in [0.3, 0.4) is 0 Å². The highest BCUT2D eigenvalue weighted by Gasteiger charge is 2.51. The Bertz CT molecular complexity index is 2170. The summed E-state index contributed by atoms with van der Waals surface area (Å²) in [6.07, 6.45) is -18.0. The molecule has 0 unspecified atom stereocenters. The zero-order valence-electron chi connectivity index (χ0n) is 31.4. The molecule has 0 aromatic heterocycles. The summed E-state index contributed by atoms with van der Waals surface area (Å²) < 4.78 is 28.3. The van der Waals surface area contributed by atoms with Crippen LogP contribution in [0.4, 0.5) is 0 Å². The van der Waals surface area contributed by atoms with Gasteiger partial charge in [0.25, 0.3) is 0 Å². The number of aliphatic hydroxyl groups is 6. The number of methoxy groups -OCH3 is 1. The number of phenols is 3. The Balaban J connectivity index is 1.34. The smallest absolute Gasteiger partial charge is 0.320 e. The van der Waals surface area contributed by atoms with Crippen molar-refractivity contribution in [2.75, 3.05) is 13.7 Å². The average Bonchev–Trinajstić information content (AvgIpc) is 3.18. The monoisotopic (exact) mass is 813 g/mol. The predicted molar refractivity (Wildman–Crippen MR) is 193 cm³/mol. The first kappa shape index (κ1) is 41.4. The van der Waals surface area contributed by atoms with Gasteiger partial charge in [0.15, 0.2) is 24.1 Å². The molecule has 4 aliphatic rings. The number of aryl methyl sites for hydroxylation is 1. The van der Waals surface area contributed by atoms with E-state index in [1.165, 1.54) is 33.1 Å². The molecule has 0 amide bonds. The second-order valence-corrected chi connectivity index (χ2v) is 14.8. The van der Waals surface area contributed by atoms with Crippen molar-refractivity contribution in [3.63, 3.8) is 0 Å². The maximum absolute atomic E-state index is 14.0. The fourth-order valence-electron chi connectivity index (χ4n) is 7.87. The van der Waals surface area contributed by atoms with Crippen LogP contribution in [0.5, 0.6) is 23.0 Å². The molecule has 2 aliphatic heterocycles. The second kappa shape index (κ2) is 15.4. The first-order valence-electron chi connectivity index (χ1n) is 18.3. The molecule has 58 heavy (non-hydrogen) atoms. The number of ether oxygens (including phenoxy) is 5. The number of aliphatic carboxylic acids is 1. The number of hydrogen-bond acceptors (Lipinski definition) is 18. The normalized spacial score (nSPS) is 30.8. The molecule has 7 rings (SSSR count). The number of carboxylic acid groups (broad SMARTS) is 1. The fourth-order valence-corrected chi connectivity index (χ4v) is 7.87. The van der Waals surface area contributed by atoms with Crippen molar-refractivity contribution in [1.82, 2.24) is 5.32 Å². The lowest BCUT2D eigenvalue weighted by atomic mass is 9.74. The minimum atomic E-state index is -1.90. The number of aliphatic hydroxyl groups excluding tert-OH is 6. The number of fused-ring (bicyclic) bond motifs is 5. The van der Waals surface area contributed by atoms with Gasteiger partial charge in [-0.05, 0) is 49.6 Å². The first-order chi connectivity index (χ1) is 27.4. The summed E-state index contributed by atoms with van der Waals surface area (Å²) in [5.74, 6) is -4.84. The maximum atomic E-state index is 14.0. The molecule has 19 heteroatoms. The Morgan fingerprint density at radius 1 is 0.828 bits per heavy atom. The van der Waals surface area contributed by atoms with Crippen molar-refractivity contribution in [3.8, 4) is 34.1 Å². The first-order valence-corrected chi connectivity index (χ1v) is 18.3. The molecule has 12 atom stereocenters. The van der Waals surface area contributed by atoms with Gasteiger partial charge < -0.3 is 80.1 Å². The highest BCUT2D eigenvalue weighted by atomic mass is 16.7. The van der Waals surface area contributed by atoms with E-state index in [1.807, 2.05) is 0 Å². The molecular weight excluding hydrogens is 770 g/mol. The number of nitrogens with one attached hydrogen (secondary N) is 1. The summed E-state index contributed by atoms with van der Waals surface area (Å²) in [7, 11) is 1.28. The molecule has 0 spiro atoms. The van der Waals surface area contributed by atoms with Crippen molar-refractivity contribution in [2.45, 2.75) is 101 Å². The van der Waals surface area contributed by atoms with Crippen LogP contribution >= 0.6 is 0 Å². The van der Waals surface area contributed by atoms with E-state index in [0.29, 0.717) is 5.56 Å². The Kier molecular flexibility index (Phi) is 11.0. The molecule has 312 valence electrons. The van der Waals surface area contributed by atoms with Gasteiger partial charge >= 0.3 is 5.97 Å². The molecule has 2 fully saturated rings. The van der Waals surface area contributed by atoms with Crippen LogP contribution < -0.4 is 10.1 Å². The van der Waals surface area contributed by atoms with Crippen molar-refractivity contribution in [2.24, 2.45) is 0 Å². The number of carbonyl (C=O) groups is 3. The lowest BCUT2D eigenvalue weighted by molar-refractivity contribution is -0.353. The lowest BCUT2D eigenvalue weighted by Gasteiger charge is -2.45. The van der Waals surface area contributed by atoms with Crippen molar-refractivity contribution in [1.29, 1.82) is 0 Å². The van der Waals surface area contributed by atoms with E-state index in [0.717, 1.165) is 12.1 Å². The van der Waals surface area contributed by atoms with Gasteiger partial charge in [0.1, 0.15) is 77.9 Å². The number of ketones is 2. The van der Waals surface area contributed by atoms with E-state index in [2.05, 4.69) is 5.32 Å². The van der Waals surface area contributed by atoms with Crippen LogP contribution in [-0.4, -0.2) is 144 Å². The third kappa shape index (κ3) is 6.67. The largest absolute Gasteiger partial charge is 0.507 e. The summed E-state index contributed by atoms with van der Waals surface area (Å²) in [5.41, 5.74) is -1.77. The van der Waals surface area contributed by atoms with Crippen LogP contribution in [-0.2, 0) is 30.3 Å². The molecule has 3 aromatic carbocycles. The molecule has 2 aliphatic carbocycles. The minimum absolute atomic E-state index is 0.00947. The highest BCUT2D eigenvalue weighted by Crippen LogP contribution is 2.57. The number of aromatic hydroxyl groups is 3. The van der Waals surface area contributed by atoms with Gasteiger partial charge in [-0.15, -0.1) is 0 Å². The van der Waals surface area contributed by atoms with Gasteiger partial charge in [-0.25, -0.2) is 0 Å². The van der Waals surface area contributed by atoms with Gasteiger partial charge in [0, 0.05) is 40.4 Å². The number of hydrogen-bond donors (Lipinski definition) is 11. The number of carboxylic acids is 1. The van der Waals surface area contributed by atoms with Crippen molar-refractivity contribution >= 4 is 17.5 Å². The third-order valence-electron chi connectivity index (χ3n) is 11.2. The van der Waals surface area contributed by atoms with E-state index in [9.17, 15) is 65.4 Å².